The molecule has 0 fully saturated rings. The number of anilines is 1. The number of hydrogen-bond acceptors (Lipinski definition) is 5. The number of amides is 1. The van der Waals surface area contributed by atoms with Crippen LogP contribution in [-0.4, -0.2) is 22.5 Å². The Morgan fingerprint density at radius 1 is 1.56 bits per heavy atom. The Morgan fingerprint density at radius 2 is 2.33 bits per heavy atom. The van der Waals surface area contributed by atoms with Gasteiger partial charge in [-0.1, -0.05) is 6.07 Å². The van der Waals surface area contributed by atoms with Crippen LogP contribution in [0.25, 0.3) is 0 Å². The molecule has 1 amide bonds. The zero-order chi connectivity index (χ0) is 13.1. The second kappa shape index (κ2) is 5.53. The quantitative estimate of drug-likeness (QED) is 0.809. The molecule has 2 N–H and O–H groups in total. The van der Waals surface area contributed by atoms with Crippen LogP contribution >= 0.6 is 34.1 Å². The summed E-state index contributed by atoms with van der Waals surface area (Å²) in [6.07, 6.45) is 0. The van der Waals surface area contributed by atoms with Gasteiger partial charge in [0.2, 0.25) is 5.88 Å². The average molecular weight is 376 g/mol. The number of carbonyl (C=O) groups excluding carboxylic acids is 1. The lowest BCUT2D eigenvalue weighted by Gasteiger charge is -2.08. The van der Waals surface area contributed by atoms with Crippen molar-refractivity contribution in [1.82, 2.24) is 4.37 Å². The van der Waals surface area contributed by atoms with Gasteiger partial charge in [-0.15, -0.1) is 0 Å². The van der Waals surface area contributed by atoms with Gasteiger partial charge in [0.05, 0.1) is 12.7 Å². The molecule has 0 saturated heterocycles. The predicted octanol–water partition coefficient (Wildman–Crippen LogP) is 2.71. The van der Waals surface area contributed by atoms with Crippen molar-refractivity contribution in [1.29, 1.82) is 0 Å². The summed E-state index contributed by atoms with van der Waals surface area (Å²) in [6, 6.07) is 4.90. The zero-order valence-electron chi connectivity index (χ0n) is 9.31. The van der Waals surface area contributed by atoms with E-state index in [0.29, 0.717) is 15.1 Å². The van der Waals surface area contributed by atoms with Gasteiger partial charge >= 0.3 is 0 Å². The van der Waals surface area contributed by atoms with Crippen LogP contribution in [0.5, 0.6) is 11.6 Å². The largest absolute Gasteiger partial charge is 0.507 e. The molecule has 0 aliphatic carbocycles. The van der Waals surface area contributed by atoms with Crippen LogP contribution in [0.3, 0.4) is 0 Å². The van der Waals surface area contributed by atoms with Gasteiger partial charge in [0.1, 0.15) is 11.4 Å². The molecule has 7 heteroatoms. The minimum Gasteiger partial charge on any atom is -0.507 e. The van der Waals surface area contributed by atoms with Gasteiger partial charge in [-0.3, -0.25) is 4.79 Å². The third kappa shape index (κ3) is 2.56. The number of nitrogens with one attached hydrogen (secondary N) is 1. The van der Waals surface area contributed by atoms with E-state index in [0.717, 1.165) is 0 Å². The van der Waals surface area contributed by atoms with Crippen molar-refractivity contribution in [3.8, 4) is 11.6 Å². The number of ether oxygens (including phenoxy) is 1. The predicted molar refractivity (Wildman–Crippen MR) is 77.4 cm³/mol. The van der Waals surface area contributed by atoms with E-state index in [9.17, 15) is 9.90 Å². The summed E-state index contributed by atoms with van der Waals surface area (Å²) >= 11 is 3.18. The molecule has 0 spiro atoms. The van der Waals surface area contributed by atoms with Crippen molar-refractivity contribution in [2.75, 3.05) is 12.4 Å². The van der Waals surface area contributed by atoms with Crippen LogP contribution in [0.2, 0.25) is 0 Å². The zero-order valence-corrected chi connectivity index (χ0v) is 12.3. The fraction of sp³-hybridized carbons (Fsp3) is 0.0909. The first-order chi connectivity index (χ1) is 8.63. The smallest absolute Gasteiger partial charge is 0.260 e. The Kier molecular flexibility index (Phi) is 4.02. The van der Waals surface area contributed by atoms with Gasteiger partial charge in [0.25, 0.3) is 5.91 Å². The van der Waals surface area contributed by atoms with Crippen LogP contribution < -0.4 is 10.1 Å². The Balaban J connectivity index is 2.28. The molecule has 0 unspecified atom stereocenters. The summed E-state index contributed by atoms with van der Waals surface area (Å²) in [4.78, 5) is 12.1. The third-order valence-electron chi connectivity index (χ3n) is 2.20. The van der Waals surface area contributed by atoms with E-state index in [1.807, 2.05) is 22.6 Å². The van der Waals surface area contributed by atoms with E-state index >= 15 is 0 Å². The maximum atomic E-state index is 12.1. The molecule has 94 valence electrons. The van der Waals surface area contributed by atoms with Gasteiger partial charge in [-0.25, -0.2) is 0 Å². The molecule has 0 aliphatic heterocycles. The number of halogens is 1. The monoisotopic (exact) mass is 376 g/mol. The lowest BCUT2D eigenvalue weighted by atomic mass is 10.2. The van der Waals surface area contributed by atoms with Crippen LogP contribution in [-0.2, 0) is 0 Å². The number of hydrogen-bond donors (Lipinski definition) is 2. The lowest BCUT2D eigenvalue weighted by molar-refractivity contribution is 0.102. The SMILES string of the molecule is COc1nscc1NC(=O)c1c(O)cccc1I. The second-order valence-corrected chi connectivity index (χ2v) is 5.12. The molecule has 5 nitrogen and oxygen atoms in total. The van der Waals surface area contributed by atoms with E-state index in [1.54, 1.807) is 17.5 Å². The van der Waals surface area contributed by atoms with Crippen LogP contribution in [0.4, 0.5) is 5.69 Å². The van der Waals surface area contributed by atoms with Crippen molar-refractivity contribution < 1.29 is 14.6 Å². The summed E-state index contributed by atoms with van der Waals surface area (Å²) in [7, 11) is 1.48. The van der Waals surface area contributed by atoms with Crippen molar-refractivity contribution in [3.05, 3.63) is 32.7 Å². The fourth-order valence-electron chi connectivity index (χ4n) is 1.38. The number of phenolic OH excluding ortho intramolecular Hbond substituents is 1. The molecular formula is C11H9IN2O3S. The summed E-state index contributed by atoms with van der Waals surface area (Å²) in [6.45, 7) is 0. The molecule has 0 aliphatic rings. The molecule has 1 aromatic carbocycles. The first-order valence-electron chi connectivity index (χ1n) is 4.90. The third-order valence-corrected chi connectivity index (χ3v) is 3.71. The summed E-state index contributed by atoms with van der Waals surface area (Å²) in [5, 5.41) is 14.0. The molecule has 0 atom stereocenters. The fourth-order valence-corrected chi connectivity index (χ4v) is 2.69. The van der Waals surface area contributed by atoms with Crippen molar-refractivity contribution in [2.24, 2.45) is 0 Å². The van der Waals surface area contributed by atoms with Crippen molar-refractivity contribution in [2.45, 2.75) is 0 Å². The minimum atomic E-state index is -0.393. The molecule has 0 bridgehead atoms. The number of methoxy groups -OCH3 is 1. The molecule has 1 heterocycles. The van der Waals surface area contributed by atoms with Crippen LogP contribution in [0, 0.1) is 3.57 Å². The molecule has 18 heavy (non-hydrogen) atoms. The minimum absolute atomic E-state index is 0.0541. The molecule has 0 saturated carbocycles. The van der Waals surface area contributed by atoms with Gasteiger partial charge < -0.3 is 15.2 Å². The summed E-state index contributed by atoms with van der Waals surface area (Å²) in [5.74, 6) is -0.0867. The summed E-state index contributed by atoms with van der Waals surface area (Å²) in [5.41, 5.74) is 0.734. The average Bonchev–Trinajstić information content (AvgIpc) is 2.76. The van der Waals surface area contributed by atoms with Crippen LogP contribution in [0.15, 0.2) is 23.6 Å². The second-order valence-electron chi connectivity index (χ2n) is 3.33. The van der Waals surface area contributed by atoms with E-state index < -0.39 is 5.91 Å². The number of benzene rings is 1. The van der Waals surface area contributed by atoms with E-state index in [1.165, 1.54) is 24.7 Å². The Morgan fingerprint density at radius 3 is 3.00 bits per heavy atom. The highest BCUT2D eigenvalue weighted by Crippen LogP contribution is 2.28. The highest BCUT2D eigenvalue weighted by molar-refractivity contribution is 14.1. The highest BCUT2D eigenvalue weighted by atomic mass is 127. The number of nitrogens with zero attached hydrogens (tertiary/aromatic N) is 1. The lowest BCUT2D eigenvalue weighted by Crippen LogP contribution is -2.13. The molecule has 2 rings (SSSR count). The Labute approximate surface area is 121 Å². The van der Waals surface area contributed by atoms with E-state index in [2.05, 4.69) is 9.69 Å². The van der Waals surface area contributed by atoms with Gasteiger partial charge in [-0.05, 0) is 46.3 Å². The Bertz CT molecular complexity index is 565. The topological polar surface area (TPSA) is 71.5 Å². The molecule has 0 radical (unpaired) electrons. The maximum Gasteiger partial charge on any atom is 0.260 e. The molecular weight excluding hydrogens is 367 g/mol. The van der Waals surface area contributed by atoms with Gasteiger partial charge in [0.15, 0.2) is 0 Å². The van der Waals surface area contributed by atoms with E-state index in [4.69, 9.17) is 4.74 Å². The number of aromatic nitrogens is 1. The number of phenols is 1. The highest BCUT2D eigenvalue weighted by Gasteiger charge is 2.17. The van der Waals surface area contributed by atoms with Gasteiger partial charge in [0, 0.05) is 8.95 Å². The maximum absolute atomic E-state index is 12.1. The summed E-state index contributed by atoms with van der Waals surface area (Å²) < 4.78 is 9.64. The standard InChI is InChI=1S/C11H9IN2O3S/c1-17-11-7(5-18-14-11)13-10(16)9-6(12)3-2-4-8(9)15/h2-5,15H,1H3,(H,13,16). The normalized spacial score (nSPS) is 10.1. The van der Waals surface area contributed by atoms with Crippen LogP contribution in [0.1, 0.15) is 10.4 Å². The van der Waals surface area contributed by atoms with E-state index in [-0.39, 0.29) is 11.3 Å². The van der Waals surface area contributed by atoms with Crippen molar-refractivity contribution in [3.63, 3.8) is 0 Å². The Hall–Kier alpha value is -1.35. The number of rotatable bonds is 3. The molecule has 2 aromatic rings. The first kappa shape index (κ1) is 13.1. The molecule has 1 aromatic heterocycles. The number of aromatic hydroxyl groups is 1. The first-order valence-corrected chi connectivity index (χ1v) is 6.82. The van der Waals surface area contributed by atoms with Crippen molar-refractivity contribution >= 4 is 45.7 Å². The van der Waals surface area contributed by atoms with Gasteiger partial charge in [-0.2, -0.15) is 4.37 Å². The number of carbonyl (C=O) groups is 1.